The second-order valence-electron chi connectivity index (χ2n) is 7.67. The van der Waals surface area contributed by atoms with Crippen LogP contribution in [0.3, 0.4) is 0 Å². The van der Waals surface area contributed by atoms with Gasteiger partial charge in [-0.05, 0) is 24.6 Å². The molecule has 0 spiro atoms. The van der Waals surface area contributed by atoms with Crippen LogP contribution in [0, 0.1) is 6.92 Å². The number of fused-ring (bicyclic) bond motifs is 1. The number of hydrogen-bond acceptors (Lipinski definition) is 5. The molecule has 0 radical (unpaired) electrons. The van der Waals surface area contributed by atoms with E-state index in [2.05, 4.69) is 16.9 Å². The largest absolute Gasteiger partial charge is 0.418 e. The summed E-state index contributed by atoms with van der Waals surface area (Å²) in [5.74, 6) is -0.866. The number of carbonyl (C=O) groups excluding carboxylic acids is 1. The van der Waals surface area contributed by atoms with E-state index in [-0.39, 0.29) is 23.5 Å². The lowest BCUT2D eigenvalue weighted by atomic mass is 10.1. The number of aryl methyl sites for hydroxylation is 1. The minimum atomic E-state index is -4.59. The first kappa shape index (κ1) is 24.7. The number of thiophene rings is 1. The highest BCUT2D eigenvalue weighted by Crippen LogP contribution is 2.35. The number of nitrogens with zero attached hydrogens (tertiary/aromatic N) is 2. The molecule has 0 atom stereocenters. The number of rotatable bonds is 7. The van der Waals surface area contributed by atoms with E-state index >= 15 is 0 Å². The quantitative estimate of drug-likeness (QED) is 0.177. The van der Waals surface area contributed by atoms with Gasteiger partial charge in [0.15, 0.2) is 5.16 Å². The first-order valence-corrected chi connectivity index (χ1v) is 12.3. The van der Waals surface area contributed by atoms with E-state index in [0.717, 1.165) is 34.5 Å². The van der Waals surface area contributed by atoms with Crippen LogP contribution in [0.1, 0.15) is 11.1 Å². The van der Waals surface area contributed by atoms with Gasteiger partial charge in [0.05, 0.1) is 22.4 Å². The highest BCUT2D eigenvalue weighted by Gasteiger charge is 2.33. The highest BCUT2D eigenvalue weighted by molar-refractivity contribution is 7.99. The fraction of sp³-hybridized carbons (Fsp3) is 0.160. The van der Waals surface area contributed by atoms with E-state index in [1.807, 2.05) is 36.6 Å². The lowest BCUT2D eigenvalue weighted by molar-refractivity contribution is -0.137. The number of nitrogens with one attached hydrogen (secondary N) is 1. The number of para-hydroxylation sites is 1. The van der Waals surface area contributed by atoms with Crippen molar-refractivity contribution in [3.63, 3.8) is 0 Å². The molecule has 2 heterocycles. The van der Waals surface area contributed by atoms with Crippen molar-refractivity contribution in [1.82, 2.24) is 9.55 Å². The number of allylic oxidation sites excluding steroid dienone is 1. The second-order valence-corrected chi connectivity index (χ2v) is 9.48. The summed E-state index contributed by atoms with van der Waals surface area (Å²) in [4.78, 5) is 31.0. The van der Waals surface area contributed by atoms with Gasteiger partial charge in [0.25, 0.3) is 5.56 Å². The van der Waals surface area contributed by atoms with Crippen molar-refractivity contribution in [3.8, 4) is 11.1 Å². The molecular weight excluding hydrogens is 495 g/mol. The van der Waals surface area contributed by atoms with E-state index < -0.39 is 17.6 Å². The van der Waals surface area contributed by atoms with Gasteiger partial charge in [-0.3, -0.25) is 14.2 Å². The summed E-state index contributed by atoms with van der Waals surface area (Å²) in [7, 11) is 0. The fourth-order valence-electron chi connectivity index (χ4n) is 3.51. The molecule has 0 saturated carbocycles. The molecule has 1 amide bonds. The molecule has 0 aliphatic heterocycles. The minimum Gasteiger partial charge on any atom is -0.325 e. The Morgan fingerprint density at radius 1 is 1.20 bits per heavy atom. The number of anilines is 1. The Kier molecular flexibility index (Phi) is 7.13. The van der Waals surface area contributed by atoms with Gasteiger partial charge in [0.1, 0.15) is 4.83 Å². The maximum absolute atomic E-state index is 13.4. The average Bonchev–Trinajstić information content (AvgIpc) is 3.24. The number of hydrogen-bond donors (Lipinski definition) is 1. The predicted octanol–water partition coefficient (Wildman–Crippen LogP) is 6.37. The van der Waals surface area contributed by atoms with Crippen LogP contribution in [0.2, 0.25) is 0 Å². The summed E-state index contributed by atoms with van der Waals surface area (Å²) in [5.41, 5.74) is 1.26. The predicted molar refractivity (Wildman–Crippen MR) is 135 cm³/mol. The van der Waals surface area contributed by atoms with Crippen molar-refractivity contribution < 1.29 is 18.0 Å². The van der Waals surface area contributed by atoms with Crippen LogP contribution in [-0.4, -0.2) is 21.2 Å². The Morgan fingerprint density at radius 2 is 1.91 bits per heavy atom. The van der Waals surface area contributed by atoms with Crippen molar-refractivity contribution in [2.75, 3.05) is 11.1 Å². The Hall–Kier alpha value is -3.37. The van der Waals surface area contributed by atoms with Crippen LogP contribution >= 0.6 is 23.1 Å². The van der Waals surface area contributed by atoms with E-state index in [1.54, 1.807) is 6.08 Å². The molecule has 2 aromatic heterocycles. The molecule has 35 heavy (non-hydrogen) atoms. The number of benzene rings is 2. The van der Waals surface area contributed by atoms with E-state index in [0.29, 0.717) is 15.4 Å². The lowest BCUT2D eigenvalue weighted by Crippen LogP contribution is -2.24. The molecule has 180 valence electrons. The van der Waals surface area contributed by atoms with Crippen LogP contribution < -0.4 is 10.9 Å². The third-order valence-electron chi connectivity index (χ3n) is 5.17. The zero-order chi connectivity index (χ0) is 25.2. The molecule has 2 aromatic carbocycles. The third kappa shape index (κ3) is 5.33. The zero-order valence-electron chi connectivity index (χ0n) is 18.6. The van der Waals surface area contributed by atoms with Gasteiger partial charge in [-0.15, -0.1) is 17.9 Å². The van der Waals surface area contributed by atoms with Crippen molar-refractivity contribution in [2.45, 2.75) is 24.8 Å². The normalized spacial score (nSPS) is 11.5. The monoisotopic (exact) mass is 515 g/mol. The molecule has 0 fully saturated rings. The molecule has 1 N–H and O–H groups in total. The Labute approximate surface area is 207 Å². The van der Waals surface area contributed by atoms with Gasteiger partial charge in [-0.1, -0.05) is 59.8 Å². The Bertz CT molecular complexity index is 1460. The summed E-state index contributed by atoms with van der Waals surface area (Å²) in [6.45, 7) is 5.85. The van der Waals surface area contributed by atoms with Gasteiger partial charge in [0.2, 0.25) is 5.91 Å². The highest BCUT2D eigenvalue weighted by atomic mass is 32.2. The molecule has 0 unspecified atom stereocenters. The number of halogens is 3. The molecule has 0 aliphatic carbocycles. The molecule has 0 aliphatic rings. The first-order chi connectivity index (χ1) is 16.7. The average molecular weight is 516 g/mol. The van der Waals surface area contributed by atoms with Gasteiger partial charge >= 0.3 is 6.18 Å². The summed E-state index contributed by atoms with van der Waals surface area (Å²) >= 11 is 2.30. The Balaban J connectivity index is 1.62. The number of thioether (sulfide) groups is 1. The summed E-state index contributed by atoms with van der Waals surface area (Å²) in [6.07, 6.45) is -3.04. The minimum absolute atomic E-state index is 0.172. The van der Waals surface area contributed by atoms with Crippen LogP contribution in [0.25, 0.3) is 21.3 Å². The number of carbonyl (C=O) groups is 1. The van der Waals surface area contributed by atoms with Gasteiger partial charge in [-0.2, -0.15) is 13.2 Å². The molecule has 0 bridgehead atoms. The smallest absolute Gasteiger partial charge is 0.325 e. The fourth-order valence-corrected chi connectivity index (χ4v) is 5.30. The van der Waals surface area contributed by atoms with Crippen molar-refractivity contribution in [1.29, 1.82) is 0 Å². The van der Waals surface area contributed by atoms with E-state index in [4.69, 9.17) is 0 Å². The van der Waals surface area contributed by atoms with Crippen LogP contribution in [0.4, 0.5) is 18.9 Å². The van der Waals surface area contributed by atoms with Crippen molar-refractivity contribution >= 4 is 44.9 Å². The van der Waals surface area contributed by atoms with Gasteiger partial charge < -0.3 is 5.32 Å². The lowest BCUT2D eigenvalue weighted by Gasteiger charge is -2.14. The number of amides is 1. The van der Waals surface area contributed by atoms with Gasteiger partial charge in [-0.25, -0.2) is 4.98 Å². The number of alkyl halides is 3. The zero-order valence-corrected chi connectivity index (χ0v) is 20.2. The molecule has 0 saturated heterocycles. The molecule has 10 heteroatoms. The maximum Gasteiger partial charge on any atom is 0.418 e. The van der Waals surface area contributed by atoms with E-state index in [1.165, 1.54) is 34.1 Å². The summed E-state index contributed by atoms with van der Waals surface area (Å²) in [5, 5.41) is 4.95. The molecular formula is C25H20F3N3O2S2. The SMILES string of the molecule is C=CCn1c(SCC(=O)Nc2ccccc2C(F)(F)F)nc2scc(-c3ccc(C)cc3)c2c1=O. The van der Waals surface area contributed by atoms with Crippen LogP contribution in [-0.2, 0) is 17.5 Å². The second kappa shape index (κ2) is 10.1. The summed E-state index contributed by atoms with van der Waals surface area (Å²) < 4.78 is 41.1. The molecule has 5 nitrogen and oxygen atoms in total. The van der Waals surface area contributed by atoms with Crippen molar-refractivity contribution in [3.05, 3.63) is 88.0 Å². The summed E-state index contributed by atoms with van der Waals surface area (Å²) in [6, 6.07) is 12.6. The van der Waals surface area contributed by atoms with Crippen LogP contribution in [0.5, 0.6) is 0 Å². The number of aromatic nitrogens is 2. The third-order valence-corrected chi connectivity index (χ3v) is 7.02. The first-order valence-electron chi connectivity index (χ1n) is 10.5. The Morgan fingerprint density at radius 3 is 2.60 bits per heavy atom. The molecule has 4 rings (SSSR count). The standard InChI is InChI=1S/C25H20F3N3O2S2/c1-3-12-31-23(33)21-17(16-10-8-15(2)9-11-16)13-34-22(21)30-24(31)35-14-20(32)29-19-7-5-4-6-18(19)25(26,27)28/h3-11,13H,1,12,14H2,2H3,(H,29,32). The van der Waals surface area contributed by atoms with Crippen molar-refractivity contribution in [2.24, 2.45) is 0 Å². The maximum atomic E-state index is 13.4. The van der Waals surface area contributed by atoms with Crippen LogP contribution in [0.15, 0.2) is 76.5 Å². The van der Waals surface area contributed by atoms with E-state index in [9.17, 15) is 22.8 Å². The van der Waals surface area contributed by atoms with Gasteiger partial charge in [0, 0.05) is 17.5 Å². The topological polar surface area (TPSA) is 64.0 Å². The molecule has 4 aromatic rings.